The maximum atomic E-state index is 12.6. The van der Waals surface area contributed by atoms with E-state index in [0.717, 1.165) is 42.4 Å². The highest BCUT2D eigenvalue weighted by molar-refractivity contribution is 7.98. The lowest BCUT2D eigenvalue weighted by atomic mass is 10.3. The summed E-state index contributed by atoms with van der Waals surface area (Å²) in [5.74, 6) is 2.57. The summed E-state index contributed by atoms with van der Waals surface area (Å²) in [5, 5.41) is 9.63. The maximum absolute atomic E-state index is 12.6. The van der Waals surface area contributed by atoms with Gasteiger partial charge in [0.15, 0.2) is 5.16 Å². The van der Waals surface area contributed by atoms with Crippen molar-refractivity contribution in [1.82, 2.24) is 19.1 Å². The molecule has 3 aromatic rings. The smallest absolute Gasteiger partial charge is 0.276 e. The molecule has 3 heterocycles. The zero-order chi connectivity index (χ0) is 19.8. The van der Waals surface area contributed by atoms with Crippen LogP contribution in [0, 0.1) is 0 Å². The molecule has 152 valence electrons. The predicted molar refractivity (Wildman–Crippen MR) is 110 cm³/mol. The number of nitrogens with zero attached hydrogens (tertiary/aromatic N) is 4. The highest BCUT2D eigenvalue weighted by Gasteiger charge is 2.32. The minimum Gasteiger partial charge on any atom is -0.447 e. The van der Waals surface area contributed by atoms with Crippen LogP contribution in [0.1, 0.15) is 43.2 Å². The highest BCUT2D eigenvalue weighted by Crippen LogP contribution is 2.41. The van der Waals surface area contributed by atoms with Gasteiger partial charge in [0.05, 0.1) is 5.75 Å². The SMILES string of the molecule is O=S(=O)(c1ccc(CSc2nnc(C3CC3)n2-c2ccccc2)o1)N1CCCC1. The van der Waals surface area contributed by atoms with Crippen molar-refractivity contribution in [2.24, 2.45) is 0 Å². The summed E-state index contributed by atoms with van der Waals surface area (Å²) in [4.78, 5) is 0. The molecule has 1 saturated carbocycles. The van der Waals surface area contributed by atoms with Crippen molar-refractivity contribution in [1.29, 1.82) is 0 Å². The first kappa shape index (κ1) is 18.9. The molecule has 0 amide bonds. The van der Waals surface area contributed by atoms with Gasteiger partial charge in [0.2, 0.25) is 5.09 Å². The summed E-state index contributed by atoms with van der Waals surface area (Å²) >= 11 is 1.50. The van der Waals surface area contributed by atoms with Gasteiger partial charge in [-0.2, -0.15) is 4.31 Å². The Labute approximate surface area is 174 Å². The molecule has 1 aliphatic carbocycles. The van der Waals surface area contributed by atoms with Gasteiger partial charge in [0.1, 0.15) is 11.6 Å². The quantitative estimate of drug-likeness (QED) is 0.530. The van der Waals surface area contributed by atoms with Crippen molar-refractivity contribution in [3.8, 4) is 5.69 Å². The molecule has 2 fully saturated rings. The topological polar surface area (TPSA) is 81.2 Å². The molecule has 5 rings (SSSR count). The first-order valence-corrected chi connectivity index (χ1v) is 12.3. The van der Waals surface area contributed by atoms with Crippen LogP contribution in [-0.2, 0) is 15.8 Å². The largest absolute Gasteiger partial charge is 0.447 e. The number of hydrogen-bond acceptors (Lipinski definition) is 6. The van der Waals surface area contributed by atoms with E-state index in [4.69, 9.17) is 4.42 Å². The molecule has 1 aromatic carbocycles. The second kappa shape index (κ2) is 7.62. The molecule has 2 aromatic heterocycles. The third-order valence-electron chi connectivity index (χ3n) is 5.25. The number of sulfonamides is 1. The molecule has 9 heteroatoms. The van der Waals surface area contributed by atoms with Crippen LogP contribution in [0.4, 0.5) is 0 Å². The minimum absolute atomic E-state index is 0.0261. The summed E-state index contributed by atoms with van der Waals surface area (Å²) < 4.78 is 34.6. The van der Waals surface area contributed by atoms with Gasteiger partial charge in [-0.1, -0.05) is 30.0 Å². The van der Waals surface area contributed by atoms with E-state index in [-0.39, 0.29) is 5.09 Å². The third-order valence-corrected chi connectivity index (χ3v) is 7.98. The van der Waals surface area contributed by atoms with Crippen LogP contribution < -0.4 is 0 Å². The Bertz CT molecular complexity index is 1100. The fourth-order valence-corrected chi connectivity index (χ4v) is 5.87. The summed E-state index contributed by atoms with van der Waals surface area (Å²) in [5.41, 5.74) is 1.04. The van der Waals surface area contributed by atoms with Crippen molar-refractivity contribution in [2.45, 2.75) is 47.6 Å². The second-order valence-electron chi connectivity index (χ2n) is 7.41. The molecule has 1 saturated heterocycles. The Hall–Kier alpha value is -2.10. The monoisotopic (exact) mass is 430 g/mol. The fourth-order valence-electron chi connectivity index (χ4n) is 3.57. The molecule has 2 aliphatic rings. The van der Waals surface area contributed by atoms with Gasteiger partial charge in [-0.15, -0.1) is 10.2 Å². The van der Waals surface area contributed by atoms with E-state index in [1.165, 1.54) is 16.1 Å². The summed E-state index contributed by atoms with van der Waals surface area (Å²) in [7, 11) is -3.53. The second-order valence-corrected chi connectivity index (χ2v) is 10.2. The highest BCUT2D eigenvalue weighted by atomic mass is 32.2. The summed E-state index contributed by atoms with van der Waals surface area (Å²) in [6.45, 7) is 1.13. The number of hydrogen-bond donors (Lipinski definition) is 0. The van der Waals surface area contributed by atoms with Crippen molar-refractivity contribution in [2.75, 3.05) is 13.1 Å². The molecule has 0 radical (unpaired) electrons. The van der Waals surface area contributed by atoms with Crippen molar-refractivity contribution in [3.63, 3.8) is 0 Å². The Balaban J connectivity index is 1.36. The van der Waals surface area contributed by atoms with Crippen LogP contribution in [0.3, 0.4) is 0 Å². The van der Waals surface area contributed by atoms with Gasteiger partial charge >= 0.3 is 0 Å². The molecule has 0 spiro atoms. The number of furan rings is 1. The third kappa shape index (κ3) is 3.74. The Morgan fingerprint density at radius 3 is 2.52 bits per heavy atom. The molecule has 29 heavy (non-hydrogen) atoms. The lowest BCUT2D eigenvalue weighted by Gasteiger charge is -2.12. The summed E-state index contributed by atoms with van der Waals surface area (Å²) in [6.07, 6.45) is 4.10. The average molecular weight is 431 g/mol. The zero-order valence-electron chi connectivity index (χ0n) is 15.9. The molecule has 0 atom stereocenters. The van der Waals surface area contributed by atoms with E-state index in [0.29, 0.717) is 30.5 Å². The van der Waals surface area contributed by atoms with Gasteiger partial charge < -0.3 is 4.42 Å². The van der Waals surface area contributed by atoms with Gasteiger partial charge in [0, 0.05) is 24.7 Å². The Kier molecular flexibility index (Phi) is 4.97. The fraction of sp³-hybridized carbons (Fsp3) is 0.400. The van der Waals surface area contributed by atoms with Crippen molar-refractivity contribution < 1.29 is 12.8 Å². The maximum Gasteiger partial charge on any atom is 0.276 e. The van der Waals surface area contributed by atoms with Crippen LogP contribution in [0.2, 0.25) is 0 Å². The van der Waals surface area contributed by atoms with Gasteiger partial charge in [0.25, 0.3) is 10.0 Å². The van der Waals surface area contributed by atoms with Crippen molar-refractivity contribution in [3.05, 3.63) is 54.0 Å². The van der Waals surface area contributed by atoms with Crippen LogP contribution in [0.15, 0.2) is 57.1 Å². The van der Waals surface area contributed by atoms with Gasteiger partial charge in [-0.3, -0.25) is 4.57 Å². The standard InChI is InChI=1S/C20H22N4O3S2/c25-29(26,23-12-4-5-13-23)18-11-10-17(27-18)14-28-20-22-21-19(15-8-9-15)24(20)16-6-2-1-3-7-16/h1-3,6-7,10-11,15H,4-5,8-9,12-14H2. The van der Waals surface area contributed by atoms with E-state index < -0.39 is 10.0 Å². The van der Waals surface area contributed by atoms with E-state index in [1.54, 1.807) is 12.1 Å². The zero-order valence-corrected chi connectivity index (χ0v) is 17.5. The summed E-state index contributed by atoms with van der Waals surface area (Å²) in [6, 6.07) is 13.4. The van der Waals surface area contributed by atoms with E-state index in [9.17, 15) is 8.42 Å². The molecule has 0 unspecified atom stereocenters. The molecule has 0 bridgehead atoms. The van der Waals surface area contributed by atoms with E-state index in [1.807, 2.05) is 30.3 Å². The molecule has 1 aliphatic heterocycles. The lowest BCUT2D eigenvalue weighted by Crippen LogP contribution is -2.27. The molecular weight excluding hydrogens is 408 g/mol. The van der Waals surface area contributed by atoms with Crippen LogP contribution >= 0.6 is 11.8 Å². The van der Waals surface area contributed by atoms with Gasteiger partial charge in [-0.25, -0.2) is 8.42 Å². The van der Waals surface area contributed by atoms with E-state index >= 15 is 0 Å². The number of thioether (sulfide) groups is 1. The number of benzene rings is 1. The Morgan fingerprint density at radius 1 is 1.03 bits per heavy atom. The number of aromatic nitrogens is 3. The molecular formula is C20H22N4O3S2. The van der Waals surface area contributed by atoms with Gasteiger partial charge in [-0.05, 0) is 49.9 Å². The molecule has 0 N–H and O–H groups in total. The lowest BCUT2D eigenvalue weighted by molar-refractivity contribution is 0.397. The first-order valence-electron chi connectivity index (χ1n) is 9.85. The normalized spacial score (nSPS) is 17.8. The first-order chi connectivity index (χ1) is 14.1. The predicted octanol–water partition coefficient (Wildman–Crippen LogP) is 3.81. The van der Waals surface area contributed by atoms with Crippen LogP contribution in [-0.4, -0.2) is 40.6 Å². The van der Waals surface area contributed by atoms with Crippen molar-refractivity contribution >= 4 is 21.8 Å². The number of para-hydroxylation sites is 1. The molecule has 7 nitrogen and oxygen atoms in total. The van der Waals surface area contributed by atoms with Crippen LogP contribution in [0.5, 0.6) is 0 Å². The number of rotatable bonds is 7. The van der Waals surface area contributed by atoms with E-state index in [2.05, 4.69) is 14.8 Å². The minimum atomic E-state index is -3.53. The van der Waals surface area contributed by atoms with Crippen LogP contribution in [0.25, 0.3) is 5.69 Å². The average Bonchev–Trinajstić information content (AvgIpc) is 3.18. The Morgan fingerprint density at radius 2 is 1.79 bits per heavy atom.